The summed E-state index contributed by atoms with van der Waals surface area (Å²) in [7, 11) is 1.53. The van der Waals surface area contributed by atoms with Crippen LogP contribution in [0.5, 0.6) is 0 Å². The monoisotopic (exact) mass is 228 g/mol. The maximum atomic E-state index is 11.7. The van der Waals surface area contributed by atoms with Crippen LogP contribution in [0.2, 0.25) is 0 Å². The summed E-state index contributed by atoms with van der Waals surface area (Å²) in [4.78, 5) is 24.1. The van der Waals surface area contributed by atoms with Crippen LogP contribution in [0.3, 0.4) is 0 Å². The highest BCUT2D eigenvalue weighted by Gasteiger charge is 2.30. The van der Waals surface area contributed by atoms with E-state index in [1.54, 1.807) is 0 Å². The summed E-state index contributed by atoms with van der Waals surface area (Å²) in [6, 6.07) is -0.211. The zero-order valence-electron chi connectivity index (χ0n) is 9.74. The van der Waals surface area contributed by atoms with Crippen LogP contribution in [-0.4, -0.2) is 48.1 Å². The van der Waals surface area contributed by atoms with Gasteiger partial charge in [-0.15, -0.1) is 0 Å². The van der Waals surface area contributed by atoms with Crippen molar-refractivity contribution in [3.63, 3.8) is 0 Å². The molecule has 0 aromatic rings. The van der Waals surface area contributed by atoms with Gasteiger partial charge in [-0.3, -0.25) is 14.5 Å². The van der Waals surface area contributed by atoms with Crippen LogP contribution in [0, 0.1) is 0 Å². The summed E-state index contributed by atoms with van der Waals surface area (Å²) < 4.78 is 0. The molecule has 5 heteroatoms. The van der Waals surface area contributed by atoms with Gasteiger partial charge in [0.25, 0.3) is 0 Å². The second-order valence-corrected chi connectivity index (χ2v) is 4.12. The molecule has 5 nitrogen and oxygen atoms in total. The van der Waals surface area contributed by atoms with Gasteiger partial charge in [0.1, 0.15) is 0 Å². The third kappa shape index (κ3) is 3.57. The summed E-state index contributed by atoms with van der Waals surface area (Å²) in [5, 5.41) is 11.8. The van der Waals surface area contributed by atoms with Crippen LogP contribution < -0.4 is 5.32 Å². The first-order chi connectivity index (χ1) is 7.66. The molecule has 0 radical (unpaired) electrons. The molecule has 1 aliphatic heterocycles. The average Bonchev–Trinajstić information content (AvgIpc) is 2.28. The quantitative estimate of drug-likeness (QED) is 0.491. The SMILES string of the molecule is CN1C(=O)CCC(NCCCCCO)C1=O. The molecular formula is C11H20N2O3. The van der Waals surface area contributed by atoms with Crippen LogP contribution in [0.25, 0.3) is 0 Å². The number of hydrogen-bond donors (Lipinski definition) is 2. The number of hydrogen-bond acceptors (Lipinski definition) is 4. The fourth-order valence-corrected chi connectivity index (χ4v) is 1.79. The number of aliphatic hydroxyl groups is 1. The summed E-state index contributed by atoms with van der Waals surface area (Å²) >= 11 is 0. The topological polar surface area (TPSA) is 69.6 Å². The maximum Gasteiger partial charge on any atom is 0.246 e. The number of carbonyl (C=O) groups is 2. The van der Waals surface area contributed by atoms with E-state index in [9.17, 15) is 9.59 Å². The van der Waals surface area contributed by atoms with E-state index in [0.717, 1.165) is 25.8 Å². The van der Waals surface area contributed by atoms with Gasteiger partial charge < -0.3 is 10.4 Å². The summed E-state index contributed by atoms with van der Waals surface area (Å²) in [6.07, 6.45) is 3.75. The van der Waals surface area contributed by atoms with Crippen LogP contribution in [-0.2, 0) is 9.59 Å². The highest BCUT2D eigenvalue weighted by Crippen LogP contribution is 2.11. The van der Waals surface area contributed by atoms with Crippen molar-refractivity contribution in [1.82, 2.24) is 10.2 Å². The zero-order valence-corrected chi connectivity index (χ0v) is 9.74. The first-order valence-corrected chi connectivity index (χ1v) is 5.81. The minimum atomic E-state index is -0.211. The van der Waals surface area contributed by atoms with E-state index in [2.05, 4.69) is 5.32 Å². The molecule has 0 saturated carbocycles. The number of rotatable bonds is 6. The Morgan fingerprint density at radius 2 is 2.12 bits per heavy atom. The molecule has 1 heterocycles. The standard InChI is InChI=1S/C11H20N2O3/c1-13-10(15)6-5-9(11(13)16)12-7-3-2-4-8-14/h9,12,14H,2-8H2,1H3. The lowest BCUT2D eigenvalue weighted by atomic mass is 10.0. The van der Waals surface area contributed by atoms with Crippen molar-refractivity contribution >= 4 is 11.8 Å². The second kappa shape index (κ2) is 6.60. The lowest BCUT2D eigenvalue weighted by Crippen LogP contribution is -2.51. The number of piperidine rings is 1. The number of likely N-dealkylation sites (N-methyl/N-ethyl adjacent to an activating group) is 1. The van der Waals surface area contributed by atoms with Gasteiger partial charge in [-0.1, -0.05) is 0 Å². The van der Waals surface area contributed by atoms with Crippen molar-refractivity contribution in [2.45, 2.75) is 38.1 Å². The normalized spacial score (nSPS) is 21.6. The maximum absolute atomic E-state index is 11.7. The average molecular weight is 228 g/mol. The van der Waals surface area contributed by atoms with Crippen molar-refractivity contribution in [3.05, 3.63) is 0 Å². The molecule has 0 aliphatic carbocycles. The predicted molar refractivity (Wildman–Crippen MR) is 59.7 cm³/mol. The van der Waals surface area contributed by atoms with Gasteiger partial charge in [-0.25, -0.2) is 0 Å². The Bertz CT molecular complexity index is 256. The van der Waals surface area contributed by atoms with Gasteiger partial charge in [0, 0.05) is 20.1 Å². The molecule has 0 bridgehead atoms. The molecule has 16 heavy (non-hydrogen) atoms. The third-order valence-electron chi connectivity index (χ3n) is 2.88. The molecule has 92 valence electrons. The smallest absolute Gasteiger partial charge is 0.246 e. The molecule has 0 spiro atoms. The Labute approximate surface area is 95.8 Å². The van der Waals surface area contributed by atoms with E-state index in [1.165, 1.54) is 11.9 Å². The van der Waals surface area contributed by atoms with Gasteiger partial charge in [-0.05, 0) is 32.2 Å². The van der Waals surface area contributed by atoms with E-state index in [-0.39, 0.29) is 24.5 Å². The molecular weight excluding hydrogens is 208 g/mol. The van der Waals surface area contributed by atoms with E-state index >= 15 is 0 Å². The number of nitrogens with one attached hydrogen (secondary N) is 1. The van der Waals surface area contributed by atoms with Crippen molar-refractivity contribution in [3.8, 4) is 0 Å². The van der Waals surface area contributed by atoms with Crippen molar-refractivity contribution in [2.24, 2.45) is 0 Å². The predicted octanol–water partition coefficient (Wildman–Crippen LogP) is -0.114. The molecule has 2 amide bonds. The minimum Gasteiger partial charge on any atom is -0.396 e. The highest BCUT2D eigenvalue weighted by atomic mass is 16.3. The van der Waals surface area contributed by atoms with E-state index in [0.29, 0.717) is 12.8 Å². The van der Waals surface area contributed by atoms with Gasteiger partial charge in [0.2, 0.25) is 11.8 Å². The number of aliphatic hydroxyl groups excluding tert-OH is 1. The number of carbonyl (C=O) groups excluding carboxylic acids is 2. The van der Waals surface area contributed by atoms with E-state index in [1.807, 2.05) is 0 Å². The molecule has 0 aromatic heterocycles. The van der Waals surface area contributed by atoms with Crippen molar-refractivity contribution in [2.75, 3.05) is 20.2 Å². The number of likely N-dealkylation sites (tertiary alicyclic amines) is 1. The molecule has 0 aromatic carbocycles. The largest absolute Gasteiger partial charge is 0.396 e. The van der Waals surface area contributed by atoms with Crippen LogP contribution in [0.15, 0.2) is 0 Å². The lowest BCUT2D eigenvalue weighted by molar-refractivity contribution is -0.148. The summed E-state index contributed by atoms with van der Waals surface area (Å²) in [5.74, 6) is -0.221. The molecule has 2 N–H and O–H groups in total. The Hall–Kier alpha value is -0.940. The summed E-state index contributed by atoms with van der Waals surface area (Å²) in [6.45, 7) is 0.984. The second-order valence-electron chi connectivity index (χ2n) is 4.12. The molecule has 1 saturated heterocycles. The fraction of sp³-hybridized carbons (Fsp3) is 0.818. The van der Waals surface area contributed by atoms with Crippen LogP contribution >= 0.6 is 0 Å². The molecule has 1 aliphatic rings. The Morgan fingerprint density at radius 1 is 1.38 bits per heavy atom. The number of unbranched alkanes of at least 4 members (excludes halogenated alkanes) is 2. The van der Waals surface area contributed by atoms with Gasteiger partial charge >= 0.3 is 0 Å². The highest BCUT2D eigenvalue weighted by molar-refractivity contribution is 6.00. The molecule has 1 atom stereocenters. The molecule has 1 rings (SSSR count). The number of amides is 2. The molecule has 1 unspecified atom stereocenters. The van der Waals surface area contributed by atoms with E-state index < -0.39 is 0 Å². The first kappa shape index (κ1) is 13.1. The molecule has 1 fully saturated rings. The minimum absolute atomic E-state index is 0.0941. The first-order valence-electron chi connectivity index (χ1n) is 5.81. The van der Waals surface area contributed by atoms with Crippen LogP contribution in [0.4, 0.5) is 0 Å². The Balaban J connectivity index is 2.22. The van der Waals surface area contributed by atoms with E-state index in [4.69, 9.17) is 5.11 Å². The van der Waals surface area contributed by atoms with Gasteiger partial charge in [0.15, 0.2) is 0 Å². The van der Waals surface area contributed by atoms with Gasteiger partial charge in [-0.2, -0.15) is 0 Å². The van der Waals surface area contributed by atoms with Crippen molar-refractivity contribution < 1.29 is 14.7 Å². The lowest BCUT2D eigenvalue weighted by Gasteiger charge is -2.28. The number of nitrogens with zero attached hydrogens (tertiary/aromatic N) is 1. The number of imide groups is 1. The van der Waals surface area contributed by atoms with Crippen molar-refractivity contribution in [1.29, 1.82) is 0 Å². The summed E-state index contributed by atoms with van der Waals surface area (Å²) in [5.41, 5.74) is 0. The zero-order chi connectivity index (χ0) is 12.0. The fourth-order valence-electron chi connectivity index (χ4n) is 1.79. The third-order valence-corrected chi connectivity index (χ3v) is 2.88. The Morgan fingerprint density at radius 3 is 2.81 bits per heavy atom. The van der Waals surface area contributed by atoms with Gasteiger partial charge in [0.05, 0.1) is 6.04 Å². The Kier molecular flexibility index (Phi) is 5.42. The van der Waals surface area contributed by atoms with Crippen LogP contribution in [0.1, 0.15) is 32.1 Å².